The maximum absolute atomic E-state index is 9.41. The molecule has 0 N–H and O–H groups in total. The van der Waals surface area contributed by atoms with Gasteiger partial charge >= 0.3 is 17.1 Å². The van der Waals surface area contributed by atoms with E-state index in [0.29, 0.717) is 12.2 Å². The number of carboxylic acids is 2. The third-order valence-electron chi connectivity index (χ3n) is 0.355. The molecule has 0 rings (SSSR count). The van der Waals surface area contributed by atoms with Gasteiger partial charge in [-0.25, -0.2) is 0 Å². The van der Waals surface area contributed by atoms with E-state index in [1.807, 2.05) is 0 Å². The van der Waals surface area contributed by atoms with Crippen LogP contribution in [-0.2, 0) is 26.7 Å². The molecule has 0 spiro atoms. The Labute approximate surface area is 69.0 Å². The minimum absolute atomic E-state index is 0. The Morgan fingerprint density at radius 2 is 1.20 bits per heavy atom. The van der Waals surface area contributed by atoms with Crippen LogP contribution < -0.4 is 10.2 Å². The zero-order valence-corrected chi connectivity index (χ0v) is 6.25. The van der Waals surface area contributed by atoms with Crippen LogP contribution in [0.25, 0.3) is 0 Å². The molecule has 0 saturated heterocycles. The Morgan fingerprint density at radius 3 is 1.30 bits per heavy atom. The standard InChI is InChI=1S/C4H4O4.CH3.Fe/c5-3(6)1-2-4(7)8;;/h1-2H,(H,5,6)(H,7,8);1H3;/q;-1;+3/p-2/b2-1+;;. The largest absolute Gasteiger partial charge is 3.00 e. The predicted octanol–water partition coefficient (Wildman–Crippen LogP) is -2.51. The number of hydrogen-bond donors (Lipinski definition) is 0. The van der Waals surface area contributed by atoms with Gasteiger partial charge in [0.1, 0.15) is 0 Å². The molecule has 4 nitrogen and oxygen atoms in total. The number of carbonyl (C=O) groups excluding carboxylic acids is 2. The predicted molar refractivity (Wildman–Crippen MR) is 25.6 cm³/mol. The summed E-state index contributed by atoms with van der Waals surface area (Å²) in [5.41, 5.74) is 0. The summed E-state index contributed by atoms with van der Waals surface area (Å²) in [6.45, 7) is 0. The van der Waals surface area contributed by atoms with E-state index < -0.39 is 11.9 Å². The molecular formula is C5H5FeO4. The Balaban J connectivity index is -0.000000245. The van der Waals surface area contributed by atoms with Gasteiger partial charge in [-0.15, -0.1) is 0 Å². The summed E-state index contributed by atoms with van der Waals surface area (Å²) in [5, 5.41) is 18.8. The first-order chi connectivity index (χ1) is 3.63. The molecule has 0 amide bonds. The maximum atomic E-state index is 9.41. The second kappa shape index (κ2) is 8.20. The van der Waals surface area contributed by atoms with E-state index in [1.54, 1.807) is 0 Å². The second-order valence-corrected chi connectivity index (χ2v) is 0.971. The molecular weight excluding hydrogens is 180 g/mol. The van der Waals surface area contributed by atoms with Crippen LogP contribution in [0.5, 0.6) is 0 Å². The van der Waals surface area contributed by atoms with Gasteiger partial charge in [0.05, 0.1) is 11.9 Å². The Bertz CT molecular complexity index is 125. The Hall–Kier alpha value is -0.801. The van der Waals surface area contributed by atoms with Crippen LogP contribution in [0.2, 0.25) is 0 Å². The third kappa shape index (κ3) is 15.7. The van der Waals surface area contributed by atoms with Crippen LogP contribution in [0.15, 0.2) is 12.2 Å². The molecule has 0 atom stereocenters. The Kier molecular flexibility index (Phi) is 13.2. The topological polar surface area (TPSA) is 80.3 Å². The average molecular weight is 185 g/mol. The SMILES string of the molecule is O=C([O-])/C=C/C(=O)[O-].[CH3-].[Fe+3]. The van der Waals surface area contributed by atoms with Gasteiger partial charge in [-0.3, -0.25) is 0 Å². The van der Waals surface area contributed by atoms with Crippen molar-refractivity contribution in [2.45, 2.75) is 0 Å². The summed E-state index contributed by atoms with van der Waals surface area (Å²) < 4.78 is 0. The van der Waals surface area contributed by atoms with Crippen LogP contribution in [0, 0.1) is 7.43 Å². The molecule has 0 heterocycles. The maximum Gasteiger partial charge on any atom is 3.00 e. The second-order valence-electron chi connectivity index (χ2n) is 0.971. The van der Waals surface area contributed by atoms with Crippen LogP contribution in [0.1, 0.15) is 0 Å². The van der Waals surface area contributed by atoms with Crippen molar-refractivity contribution >= 4 is 11.9 Å². The van der Waals surface area contributed by atoms with Crippen LogP contribution in [0.3, 0.4) is 0 Å². The number of aliphatic carboxylic acids is 2. The molecule has 0 aromatic carbocycles. The van der Waals surface area contributed by atoms with Gasteiger partial charge in [-0.2, -0.15) is 0 Å². The summed E-state index contributed by atoms with van der Waals surface area (Å²) in [6, 6.07) is 0. The van der Waals surface area contributed by atoms with Gasteiger partial charge in [0.25, 0.3) is 0 Å². The van der Waals surface area contributed by atoms with Gasteiger partial charge in [0.15, 0.2) is 0 Å². The smallest absolute Gasteiger partial charge is 0.545 e. The molecule has 0 aliphatic heterocycles. The normalized spacial score (nSPS) is 7.60. The summed E-state index contributed by atoms with van der Waals surface area (Å²) in [4.78, 5) is 18.8. The fraction of sp³-hybridized carbons (Fsp3) is 0. The van der Waals surface area contributed by atoms with Gasteiger partial charge in [-0.05, 0) is 12.2 Å². The van der Waals surface area contributed by atoms with E-state index >= 15 is 0 Å². The molecule has 0 aliphatic carbocycles. The van der Waals surface area contributed by atoms with E-state index in [2.05, 4.69) is 0 Å². The summed E-state index contributed by atoms with van der Waals surface area (Å²) in [7, 11) is 0. The van der Waals surface area contributed by atoms with E-state index in [-0.39, 0.29) is 24.5 Å². The van der Waals surface area contributed by atoms with Crippen molar-refractivity contribution in [2.24, 2.45) is 0 Å². The van der Waals surface area contributed by atoms with Crippen molar-refractivity contribution in [1.82, 2.24) is 0 Å². The van der Waals surface area contributed by atoms with E-state index in [0.717, 1.165) is 0 Å². The first-order valence-corrected chi connectivity index (χ1v) is 1.73. The van der Waals surface area contributed by atoms with Crippen LogP contribution in [0.4, 0.5) is 0 Å². The van der Waals surface area contributed by atoms with Crippen LogP contribution >= 0.6 is 0 Å². The monoisotopic (exact) mass is 185 g/mol. The van der Waals surface area contributed by atoms with Crippen molar-refractivity contribution in [1.29, 1.82) is 0 Å². The van der Waals surface area contributed by atoms with E-state index in [1.165, 1.54) is 0 Å². The minimum atomic E-state index is -1.55. The number of hydrogen-bond acceptors (Lipinski definition) is 4. The third-order valence-corrected chi connectivity index (χ3v) is 0.355. The number of carboxylic acid groups (broad SMARTS) is 2. The molecule has 0 aromatic heterocycles. The Morgan fingerprint density at radius 1 is 1.00 bits per heavy atom. The number of rotatable bonds is 2. The van der Waals surface area contributed by atoms with Crippen molar-refractivity contribution in [3.8, 4) is 0 Å². The zero-order valence-electron chi connectivity index (χ0n) is 5.14. The molecule has 1 radical (unpaired) electrons. The minimum Gasteiger partial charge on any atom is -0.545 e. The van der Waals surface area contributed by atoms with Crippen molar-refractivity contribution in [2.75, 3.05) is 0 Å². The average Bonchev–Trinajstić information content (AvgIpc) is 1.61. The zero-order chi connectivity index (χ0) is 6.57. The molecule has 57 valence electrons. The van der Waals surface area contributed by atoms with Crippen molar-refractivity contribution in [3.05, 3.63) is 19.6 Å². The summed E-state index contributed by atoms with van der Waals surface area (Å²) in [6.07, 6.45) is 0.769. The van der Waals surface area contributed by atoms with Gasteiger partial charge in [0, 0.05) is 0 Å². The first-order valence-electron chi connectivity index (χ1n) is 1.73. The van der Waals surface area contributed by atoms with Crippen molar-refractivity contribution < 1.29 is 36.9 Å². The summed E-state index contributed by atoms with van der Waals surface area (Å²) in [5.74, 6) is -3.09. The van der Waals surface area contributed by atoms with E-state index in [4.69, 9.17) is 0 Å². The fourth-order valence-electron chi connectivity index (χ4n) is 0.136. The van der Waals surface area contributed by atoms with Gasteiger partial charge < -0.3 is 27.2 Å². The fourth-order valence-corrected chi connectivity index (χ4v) is 0.136. The molecule has 0 aliphatic rings. The quantitative estimate of drug-likeness (QED) is 0.270. The van der Waals surface area contributed by atoms with Gasteiger partial charge in [-0.1, -0.05) is 0 Å². The van der Waals surface area contributed by atoms with E-state index in [9.17, 15) is 19.8 Å². The molecule has 0 unspecified atom stereocenters. The van der Waals surface area contributed by atoms with Crippen molar-refractivity contribution in [3.63, 3.8) is 0 Å². The molecule has 5 heteroatoms. The van der Waals surface area contributed by atoms with Crippen LogP contribution in [-0.4, -0.2) is 11.9 Å². The molecule has 0 aromatic rings. The van der Waals surface area contributed by atoms with Gasteiger partial charge in [0.2, 0.25) is 0 Å². The molecule has 0 bridgehead atoms. The molecule has 0 fully saturated rings. The molecule has 10 heavy (non-hydrogen) atoms. The number of carbonyl (C=O) groups is 2. The first kappa shape index (κ1) is 16.1. The molecule has 0 saturated carbocycles. The summed E-state index contributed by atoms with van der Waals surface area (Å²) >= 11 is 0.